The fourth-order valence-electron chi connectivity index (χ4n) is 2.13. The predicted octanol–water partition coefficient (Wildman–Crippen LogP) is 2.98. The van der Waals surface area contributed by atoms with E-state index in [0.717, 1.165) is 16.8 Å². The summed E-state index contributed by atoms with van der Waals surface area (Å²) in [6.45, 7) is 6.52. The monoisotopic (exact) mass is 261 g/mol. The van der Waals surface area contributed by atoms with Gasteiger partial charge in [0.15, 0.2) is 0 Å². The van der Waals surface area contributed by atoms with E-state index in [1.807, 2.05) is 19.3 Å². The molecular formula is C15H20FN3. The Morgan fingerprint density at radius 2 is 2.00 bits per heavy atom. The molecule has 3 nitrogen and oxygen atoms in total. The van der Waals surface area contributed by atoms with Crippen LogP contribution in [0.3, 0.4) is 0 Å². The third-order valence-electron chi connectivity index (χ3n) is 3.12. The zero-order valence-corrected chi connectivity index (χ0v) is 11.9. The van der Waals surface area contributed by atoms with Crippen LogP contribution < -0.4 is 5.73 Å². The molecule has 0 aliphatic carbocycles. The molecule has 0 saturated carbocycles. The minimum Gasteiger partial charge on any atom is -0.326 e. The second kappa shape index (κ2) is 4.78. The summed E-state index contributed by atoms with van der Waals surface area (Å²) in [5, 5.41) is 4.50. The molecule has 0 spiro atoms. The Balaban J connectivity index is 2.56. The fourth-order valence-corrected chi connectivity index (χ4v) is 2.13. The van der Waals surface area contributed by atoms with Gasteiger partial charge in [-0.2, -0.15) is 5.10 Å². The summed E-state index contributed by atoms with van der Waals surface area (Å²) in [5.41, 5.74) is 8.71. The minimum absolute atomic E-state index is 0.0837. The van der Waals surface area contributed by atoms with Gasteiger partial charge in [0.2, 0.25) is 0 Å². The van der Waals surface area contributed by atoms with Crippen molar-refractivity contribution in [3.63, 3.8) is 0 Å². The number of hydrogen-bond donors (Lipinski definition) is 1. The number of halogens is 1. The first kappa shape index (κ1) is 13.7. The van der Waals surface area contributed by atoms with Crippen LogP contribution in [0.1, 0.15) is 32.0 Å². The van der Waals surface area contributed by atoms with Crippen molar-refractivity contribution in [3.8, 4) is 11.1 Å². The molecule has 0 saturated heterocycles. The van der Waals surface area contributed by atoms with Crippen molar-refractivity contribution < 1.29 is 4.39 Å². The quantitative estimate of drug-likeness (QED) is 0.903. The summed E-state index contributed by atoms with van der Waals surface area (Å²) in [6.07, 6.45) is 1.93. The number of hydrogen-bond acceptors (Lipinski definition) is 2. The number of benzene rings is 1. The average Bonchev–Trinajstić information content (AvgIpc) is 2.71. The summed E-state index contributed by atoms with van der Waals surface area (Å²) in [7, 11) is 1.88. The van der Waals surface area contributed by atoms with E-state index in [1.54, 1.807) is 10.7 Å². The number of aryl methyl sites for hydroxylation is 1. The third-order valence-corrected chi connectivity index (χ3v) is 3.12. The summed E-state index contributed by atoms with van der Waals surface area (Å²) < 4.78 is 15.6. The second-order valence-electron chi connectivity index (χ2n) is 5.83. The Morgan fingerprint density at radius 3 is 2.53 bits per heavy atom. The molecule has 0 bridgehead atoms. The highest BCUT2D eigenvalue weighted by Gasteiger charge is 2.23. The lowest BCUT2D eigenvalue weighted by atomic mass is 9.87. The fraction of sp³-hybridized carbons (Fsp3) is 0.400. The lowest BCUT2D eigenvalue weighted by molar-refractivity contribution is 0.554. The molecule has 102 valence electrons. The van der Waals surface area contributed by atoms with Crippen molar-refractivity contribution in [2.45, 2.75) is 32.7 Å². The molecule has 1 heterocycles. The van der Waals surface area contributed by atoms with E-state index in [9.17, 15) is 4.39 Å². The first-order chi connectivity index (χ1) is 8.82. The van der Waals surface area contributed by atoms with Crippen LogP contribution in [0.2, 0.25) is 0 Å². The molecular weight excluding hydrogens is 241 g/mol. The maximum Gasteiger partial charge on any atom is 0.128 e. The number of nitrogens with two attached hydrogens (primary N) is 1. The van der Waals surface area contributed by atoms with Gasteiger partial charge in [-0.3, -0.25) is 4.68 Å². The molecule has 1 aromatic carbocycles. The van der Waals surface area contributed by atoms with Crippen LogP contribution in [-0.4, -0.2) is 9.78 Å². The second-order valence-corrected chi connectivity index (χ2v) is 5.83. The van der Waals surface area contributed by atoms with E-state index in [4.69, 9.17) is 5.73 Å². The predicted molar refractivity (Wildman–Crippen MR) is 75.2 cm³/mol. The van der Waals surface area contributed by atoms with Crippen molar-refractivity contribution in [2.75, 3.05) is 0 Å². The van der Waals surface area contributed by atoms with Gasteiger partial charge in [-0.05, 0) is 11.6 Å². The molecule has 0 unspecified atom stereocenters. The highest BCUT2D eigenvalue weighted by atomic mass is 19.1. The van der Waals surface area contributed by atoms with Crippen LogP contribution >= 0.6 is 0 Å². The minimum atomic E-state index is -0.260. The van der Waals surface area contributed by atoms with Gasteiger partial charge in [-0.15, -0.1) is 0 Å². The maximum atomic E-state index is 13.9. The van der Waals surface area contributed by atoms with E-state index >= 15 is 0 Å². The first-order valence-corrected chi connectivity index (χ1v) is 6.36. The highest BCUT2D eigenvalue weighted by molar-refractivity contribution is 5.67. The molecule has 0 radical (unpaired) electrons. The van der Waals surface area contributed by atoms with Crippen LogP contribution in [0.4, 0.5) is 4.39 Å². The van der Waals surface area contributed by atoms with Gasteiger partial charge in [0.05, 0.1) is 5.69 Å². The first-order valence-electron chi connectivity index (χ1n) is 6.36. The van der Waals surface area contributed by atoms with Crippen LogP contribution in [-0.2, 0) is 19.0 Å². The van der Waals surface area contributed by atoms with Gasteiger partial charge < -0.3 is 5.73 Å². The van der Waals surface area contributed by atoms with Crippen LogP contribution in [0.15, 0.2) is 24.4 Å². The van der Waals surface area contributed by atoms with E-state index in [1.165, 1.54) is 6.07 Å². The Kier molecular flexibility index (Phi) is 3.45. The smallest absolute Gasteiger partial charge is 0.128 e. The van der Waals surface area contributed by atoms with Crippen molar-refractivity contribution in [1.82, 2.24) is 9.78 Å². The van der Waals surface area contributed by atoms with Crippen LogP contribution in [0.5, 0.6) is 0 Å². The zero-order chi connectivity index (χ0) is 14.2. The Morgan fingerprint density at radius 1 is 1.32 bits per heavy atom. The molecule has 2 rings (SSSR count). The van der Waals surface area contributed by atoms with Crippen molar-refractivity contribution in [1.29, 1.82) is 0 Å². The zero-order valence-electron chi connectivity index (χ0n) is 11.9. The van der Waals surface area contributed by atoms with E-state index in [-0.39, 0.29) is 17.8 Å². The number of nitrogens with zero attached hydrogens (tertiary/aromatic N) is 2. The summed E-state index contributed by atoms with van der Waals surface area (Å²) in [4.78, 5) is 0. The molecule has 0 fully saturated rings. The Hall–Kier alpha value is -1.68. The molecule has 2 aromatic rings. The van der Waals surface area contributed by atoms with Gasteiger partial charge in [0.1, 0.15) is 5.82 Å². The summed E-state index contributed by atoms with van der Waals surface area (Å²) in [6, 6.07) is 5.18. The molecule has 0 amide bonds. The van der Waals surface area contributed by atoms with E-state index in [0.29, 0.717) is 5.56 Å². The SMILES string of the molecule is Cn1cc(-c2ccc(CN)c(F)c2)c(C(C)(C)C)n1. The van der Waals surface area contributed by atoms with Crippen molar-refractivity contribution in [3.05, 3.63) is 41.5 Å². The number of aromatic nitrogens is 2. The van der Waals surface area contributed by atoms with Crippen LogP contribution in [0, 0.1) is 5.82 Å². The molecule has 19 heavy (non-hydrogen) atoms. The average molecular weight is 261 g/mol. The normalized spacial score (nSPS) is 11.9. The van der Waals surface area contributed by atoms with Crippen molar-refractivity contribution >= 4 is 0 Å². The number of rotatable bonds is 2. The Labute approximate surface area is 113 Å². The molecule has 0 aliphatic rings. The Bertz CT molecular complexity index is 594. The topological polar surface area (TPSA) is 43.8 Å². The standard InChI is InChI=1S/C15H20FN3/c1-15(2,3)14-12(9-19(4)18-14)10-5-6-11(8-17)13(16)7-10/h5-7,9H,8,17H2,1-4H3. The lowest BCUT2D eigenvalue weighted by Crippen LogP contribution is -2.13. The summed E-state index contributed by atoms with van der Waals surface area (Å²) >= 11 is 0. The van der Waals surface area contributed by atoms with Crippen molar-refractivity contribution in [2.24, 2.45) is 12.8 Å². The highest BCUT2D eigenvalue weighted by Crippen LogP contribution is 2.32. The van der Waals surface area contributed by atoms with Gasteiger partial charge in [0, 0.05) is 36.3 Å². The summed E-state index contributed by atoms with van der Waals surface area (Å²) in [5.74, 6) is -0.260. The largest absolute Gasteiger partial charge is 0.326 e. The van der Waals surface area contributed by atoms with Gasteiger partial charge >= 0.3 is 0 Å². The van der Waals surface area contributed by atoms with E-state index < -0.39 is 0 Å². The van der Waals surface area contributed by atoms with Gasteiger partial charge in [-0.25, -0.2) is 4.39 Å². The lowest BCUT2D eigenvalue weighted by Gasteiger charge is -2.17. The molecule has 4 heteroatoms. The maximum absolute atomic E-state index is 13.9. The molecule has 1 aromatic heterocycles. The van der Waals surface area contributed by atoms with Crippen LogP contribution in [0.25, 0.3) is 11.1 Å². The van der Waals surface area contributed by atoms with Gasteiger partial charge in [0.25, 0.3) is 0 Å². The molecule has 0 atom stereocenters. The third kappa shape index (κ3) is 2.68. The molecule has 0 aliphatic heterocycles. The van der Waals surface area contributed by atoms with Gasteiger partial charge in [-0.1, -0.05) is 32.9 Å². The molecule has 2 N–H and O–H groups in total. The van der Waals surface area contributed by atoms with E-state index in [2.05, 4.69) is 25.9 Å².